The van der Waals surface area contributed by atoms with E-state index in [1.165, 1.54) is 16.3 Å². The first kappa shape index (κ1) is 18.3. The summed E-state index contributed by atoms with van der Waals surface area (Å²) < 4.78 is 0. The Morgan fingerprint density at radius 3 is 2.68 bits per heavy atom. The van der Waals surface area contributed by atoms with E-state index in [2.05, 4.69) is 61.4 Å². The van der Waals surface area contributed by atoms with Crippen LogP contribution in [-0.4, -0.2) is 35.0 Å². The molecule has 136 valence electrons. The van der Waals surface area contributed by atoms with Crippen LogP contribution in [-0.2, 0) is 11.4 Å². The Balaban J connectivity index is 1.87. The number of aliphatic hydroxyl groups excluding tert-OH is 1. The molecule has 1 aliphatic rings. The van der Waals surface area contributed by atoms with Crippen molar-refractivity contribution in [3.8, 4) is 0 Å². The summed E-state index contributed by atoms with van der Waals surface area (Å²) in [6, 6.07) is 15.0. The molecule has 0 bridgehead atoms. The van der Waals surface area contributed by atoms with E-state index in [0.29, 0.717) is 19.0 Å². The summed E-state index contributed by atoms with van der Waals surface area (Å²) in [5.74, 6) is 0.533. The maximum absolute atomic E-state index is 9.68. The Morgan fingerprint density at radius 2 is 2.00 bits per heavy atom. The lowest BCUT2D eigenvalue weighted by molar-refractivity contribution is -0.199. The van der Waals surface area contributed by atoms with E-state index in [4.69, 9.17) is 10.6 Å². The van der Waals surface area contributed by atoms with Crippen molar-refractivity contribution in [1.82, 2.24) is 5.06 Å². The average molecular weight is 342 g/mol. The highest BCUT2D eigenvalue weighted by molar-refractivity contribution is 5.82. The predicted molar refractivity (Wildman–Crippen MR) is 102 cm³/mol. The van der Waals surface area contributed by atoms with Crippen molar-refractivity contribution in [3.63, 3.8) is 0 Å². The molecule has 2 aromatic rings. The molecule has 25 heavy (non-hydrogen) atoms. The minimum Gasteiger partial charge on any atom is -0.396 e. The Bertz CT molecular complexity index is 703. The molecule has 3 N–H and O–H groups in total. The van der Waals surface area contributed by atoms with Gasteiger partial charge < -0.3 is 10.8 Å². The molecule has 4 nitrogen and oxygen atoms in total. The molecule has 0 spiro atoms. The Hall–Kier alpha value is -1.46. The Labute approximate surface area is 150 Å². The lowest BCUT2D eigenvalue weighted by Gasteiger charge is -2.37. The number of benzene rings is 2. The maximum atomic E-state index is 9.68. The molecular weight excluding hydrogens is 312 g/mol. The zero-order valence-electron chi connectivity index (χ0n) is 15.3. The zero-order chi connectivity index (χ0) is 17.9. The fourth-order valence-corrected chi connectivity index (χ4v) is 4.17. The molecule has 0 aromatic heterocycles. The van der Waals surface area contributed by atoms with E-state index in [-0.39, 0.29) is 18.2 Å². The summed E-state index contributed by atoms with van der Waals surface area (Å²) >= 11 is 0. The van der Waals surface area contributed by atoms with Crippen LogP contribution >= 0.6 is 0 Å². The summed E-state index contributed by atoms with van der Waals surface area (Å²) in [7, 11) is 0. The van der Waals surface area contributed by atoms with Crippen LogP contribution in [0.15, 0.2) is 42.5 Å². The number of aliphatic hydroxyl groups is 1. The van der Waals surface area contributed by atoms with Crippen LogP contribution < -0.4 is 5.73 Å². The van der Waals surface area contributed by atoms with Crippen LogP contribution in [0.3, 0.4) is 0 Å². The topological polar surface area (TPSA) is 58.7 Å². The van der Waals surface area contributed by atoms with Crippen molar-refractivity contribution in [1.29, 1.82) is 0 Å². The lowest BCUT2D eigenvalue weighted by Crippen LogP contribution is -2.44. The van der Waals surface area contributed by atoms with Crippen LogP contribution in [0.1, 0.15) is 38.7 Å². The smallest absolute Gasteiger partial charge is 0.0934 e. The number of nitrogens with zero attached hydrogens (tertiary/aromatic N) is 1. The molecule has 0 aliphatic carbocycles. The third-order valence-electron chi connectivity index (χ3n) is 5.18. The number of nitrogens with two attached hydrogens (primary N) is 1. The van der Waals surface area contributed by atoms with Crippen molar-refractivity contribution in [2.75, 3.05) is 13.2 Å². The van der Waals surface area contributed by atoms with Crippen LogP contribution in [0, 0.1) is 5.92 Å². The summed E-state index contributed by atoms with van der Waals surface area (Å²) in [5.41, 5.74) is 6.98. The molecule has 1 aliphatic heterocycles. The molecular formula is C21H30N2O2. The Kier molecular flexibility index (Phi) is 5.74. The molecule has 4 heteroatoms. The van der Waals surface area contributed by atoms with Crippen molar-refractivity contribution < 1.29 is 9.94 Å². The first-order valence-electron chi connectivity index (χ1n) is 9.29. The van der Waals surface area contributed by atoms with Gasteiger partial charge in [-0.15, -0.1) is 0 Å². The maximum Gasteiger partial charge on any atom is 0.0934 e. The van der Waals surface area contributed by atoms with Crippen LogP contribution in [0.25, 0.3) is 10.8 Å². The van der Waals surface area contributed by atoms with Crippen molar-refractivity contribution in [3.05, 3.63) is 48.0 Å². The second-order valence-corrected chi connectivity index (χ2v) is 7.68. The summed E-state index contributed by atoms with van der Waals surface area (Å²) in [6.07, 6.45) is 2.63. The molecule has 1 heterocycles. The first-order chi connectivity index (χ1) is 12.1. The fraction of sp³-hybridized carbons (Fsp3) is 0.524. The minimum atomic E-state index is -0.140. The van der Waals surface area contributed by atoms with Gasteiger partial charge in [0.1, 0.15) is 0 Å². The Morgan fingerprint density at radius 1 is 1.24 bits per heavy atom. The van der Waals surface area contributed by atoms with E-state index >= 15 is 0 Å². The van der Waals surface area contributed by atoms with Gasteiger partial charge in [0.25, 0.3) is 0 Å². The van der Waals surface area contributed by atoms with Gasteiger partial charge in [0.2, 0.25) is 0 Å². The summed E-state index contributed by atoms with van der Waals surface area (Å²) in [4.78, 5) is 6.19. The van der Waals surface area contributed by atoms with Gasteiger partial charge in [0.05, 0.1) is 11.6 Å². The highest BCUT2D eigenvalue weighted by atomic mass is 16.7. The van der Waals surface area contributed by atoms with Gasteiger partial charge in [0.15, 0.2) is 0 Å². The molecule has 0 amide bonds. The minimum absolute atomic E-state index is 0.0331. The molecule has 1 fully saturated rings. The quantitative estimate of drug-likeness (QED) is 0.809. The van der Waals surface area contributed by atoms with Gasteiger partial charge in [0, 0.05) is 19.7 Å². The van der Waals surface area contributed by atoms with Gasteiger partial charge in [-0.1, -0.05) is 50.2 Å². The number of hydrogen-bond donors (Lipinski definition) is 2. The second kappa shape index (κ2) is 7.83. The highest BCUT2D eigenvalue weighted by Crippen LogP contribution is 2.40. The normalized spacial score (nSPS) is 24.4. The van der Waals surface area contributed by atoms with E-state index < -0.39 is 0 Å². The molecule has 1 saturated heterocycles. The molecule has 2 aromatic carbocycles. The third-order valence-corrected chi connectivity index (χ3v) is 5.18. The van der Waals surface area contributed by atoms with Gasteiger partial charge in [-0.25, -0.2) is 0 Å². The first-order valence-corrected chi connectivity index (χ1v) is 9.29. The SMILES string of the molecule is CC(C)C[C@]1(CCO)C[C@H](CN)ON1Cc1ccc2ccccc2c1. The van der Waals surface area contributed by atoms with E-state index in [9.17, 15) is 5.11 Å². The van der Waals surface area contributed by atoms with Gasteiger partial charge in [-0.2, -0.15) is 5.06 Å². The standard InChI is InChI=1S/C21H30N2O2/c1-16(2)12-21(9-10-24)13-20(14-22)25-23(21)15-17-7-8-18-5-3-4-6-19(18)11-17/h3-8,11,16,20,24H,9-10,12-15,22H2,1-2H3/t20-,21-/m1/s1. The summed E-state index contributed by atoms with van der Waals surface area (Å²) in [5, 5.41) is 14.3. The number of rotatable bonds is 7. The fourth-order valence-electron chi connectivity index (χ4n) is 4.17. The van der Waals surface area contributed by atoms with E-state index in [1.807, 2.05) is 0 Å². The summed E-state index contributed by atoms with van der Waals surface area (Å²) in [6.45, 7) is 5.85. The molecule has 0 radical (unpaired) electrons. The molecule has 0 saturated carbocycles. The van der Waals surface area contributed by atoms with Gasteiger partial charge >= 0.3 is 0 Å². The van der Waals surface area contributed by atoms with Crippen LogP contribution in [0.4, 0.5) is 0 Å². The highest BCUT2D eigenvalue weighted by Gasteiger charge is 2.46. The largest absolute Gasteiger partial charge is 0.396 e. The molecule has 3 rings (SSSR count). The predicted octanol–water partition coefficient (Wildman–Crippen LogP) is 3.47. The van der Waals surface area contributed by atoms with Gasteiger partial charge in [-0.05, 0) is 47.6 Å². The molecule has 0 unspecified atom stereocenters. The number of hydroxylamine groups is 2. The molecule has 2 atom stereocenters. The average Bonchev–Trinajstić information content (AvgIpc) is 2.91. The van der Waals surface area contributed by atoms with Gasteiger partial charge in [-0.3, -0.25) is 4.84 Å². The monoisotopic (exact) mass is 342 g/mol. The third kappa shape index (κ3) is 4.04. The van der Waals surface area contributed by atoms with Crippen LogP contribution in [0.2, 0.25) is 0 Å². The van der Waals surface area contributed by atoms with Crippen molar-refractivity contribution in [2.24, 2.45) is 11.7 Å². The number of hydrogen-bond acceptors (Lipinski definition) is 4. The lowest BCUT2D eigenvalue weighted by atomic mass is 9.81. The second-order valence-electron chi connectivity index (χ2n) is 7.68. The zero-order valence-corrected chi connectivity index (χ0v) is 15.3. The van der Waals surface area contributed by atoms with Crippen LogP contribution in [0.5, 0.6) is 0 Å². The van der Waals surface area contributed by atoms with E-state index in [1.54, 1.807) is 0 Å². The van der Waals surface area contributed by atoms with Crippen molar-refractivity contribution in [2.45, 2.75) is 51.3 Å². The van der Waals surface area contributed by atoms with Crippen molar-refractivity contribution >= 4 is 10.8 Å². The number of fused-ring (bicyclic) bond motifs is 1. The van der Waals surface area contributed by atoms with E-state index in [0.717, 1.165) is 19.3 Å².